The molecule has 4 aromatic carbocycles. The molecule has 1 aromatic heterocycles. The summed E-state index contributed by atoms with van der Waals surface area (Å²) in [6.45, 7) is 9.85. The Labute approximate surface area is 274 Å². The molecule has 0 N–H and O–H groups in total. The van der Waals surface area contributed by atoms with E-state index in [-0.39, 0.29) is 5.70 Å². The SMILES string of the molecule is [C-]#[N+]/C(C#N)=C1C=C(/C=C/c2ccc(-n3c4ccccc4c4ccccc43)cc2)OC(/C=C/c2cc3c4c(c2)CCCN4CCC3)=C/1. The molecule has 0 saturated carbocycles. The van der Waals surface area contributed by atoms with E-state index >= 15 is 0 Å². The predicted molar refractivity (Wildman–Crippen MR) is 191 cm³/mol. The zero-order valence-electron chi connectivity index (χ0n) is 26.0. The third-order valence-electron chi connectivity index (χ3n) is 9.29. The van der Waals surface area contributed by atoms with E-state index in [1.54, 1.807) is 12.2 Å². The molecule has 0 unspecified atom stereocenters. The van der Waals surface area contributed by atoms with Crippen LogP contribution in [0.2, 0.25) is 0 Å². The lowest BCUT2D eigenvalue weighted by molar-refractivity contribution is 0.332. The van der Waals surface area contributed by atoms with E-state index in [9.17, 15) is 5.26 Å². The molecule has 5 aromatic rings. The molecular weight excluding hydrogens is 576 g/mol. The Hall–Kier alpha value is -6.04. The summed E-state index contributed by atoms with van der Waals surface area (Å²) in [4.78, 5) is 6.01. The Morgan fingerprint density at radius 2 is 1.32 bits per heavy atom. The Balaban J connectivity index is 1.06. The summed E-state index contributed by atoms with van der Waals surface area (Å²) in [5.41, 5.74) is 10.5. The Morgan fingerprint density at radius 3 is 1.89 bits per heavy atom. The molecule has 0 atom stereocenters. The summed E-state index contributed by atoms with van der Waals surface area (Å²) in [5, 5.41) is 12.1. The van der Waals surface area contributed by atoms with Gasteiger partial charge in [0.25, 0.3) is 5.70 Å². The number of hydrogen-bond acceptors (Lipinski definition) is 3. The molecule has 5 heteroatoms. The first kappa shape index (κ1) is 28.4. The topological polar surface area (TPSA) is 45.6 Å². The maximum absolute atomic E-state index is 9.64. The molecule has 3 aliphatic rings. The highest BCUT2D eigenvalue weighted by molar-refractivity contribution is 6.09. The van der Waals surface area contributed by atoms with Crippen LogP contribution in [0.15, 0.2) is 132 Å². The molecule has 3 aliphatic heterocycles. The number of rotatable bonds is 5. The van der Waals surface area contributed by atoms with Crippen LogP contribution in [-0.4, -0.2) is 17.7 Å². The van der Waals surface area contributed by atoms with Crippen molar-refractivity contribution in [3.05, 3.63) is 166 Å². The number of ether oxygens (including phenoxy) is 1. The van der Waals surface area contributed by atoms with Gasteiger partial charge in [0.2, 0.25) is 0 Å². The van der Waals surface area contributed by atoms with Crippen LogP contribution in [0.1, 0.15) is 35.1 Å². The second-order valence-electron chi connectivity index (χ2n) is 12.2. The van der Waals surface area contributed by atoms with Gasteiger partial charge in [0.05, 0.1) is 23.7 Å². The molecule has 0 saturated heterocycles. The quantitative estimate of drug-likeness (QED) is 0.147. The van der Waals surface area contributed by atoms with Crippen molar-refractivity contribution >= 4 is 39.6 Å². The van der Waals surface area contributed by atoms with Crippen molar-refractivity contribution in [3.8, 4) is 11.8 Å². The number of para-hydroxylation sites is 2. The van der Waals surface area contributed by atoms with Crippen LogP contribution in [0.3, 0.4) is 0 Å². The number of benzene rings is 4. The molecule has 0 spiro atoms. The minimum Gasteiger partial charge on any atom is -0.457 e. The van der Waals surface area contributed by atoms with Crippen molar-refractivity contribution < 1.29 is 4.74 Å². The minimum absolute atomic E-state index is 0.0407. The molecule has 226 valence electrons. The lowest BCUT2D eigenvalue weighted by Gasteiger charge is -2.37. The monoisotopic (exact) mass is 608 g/mol. The fourth-order valence-corrected chi connectivity index (χ4v) is 7.22. The number of anilines is 1. The molecule has 0 bridgehead atoms. The van der Waals surface area contributed by atoms with Gasteiger partial charge in [-0.3, -0.25) is 0 Å². The highest BCUT2D eigenvalue weighted by Crippen LogP contribution is 2.37. The van der Waals surface area contributed by atoms with E-state index in [1.165, 1.54) is 51.5 Å². The van der Waals surface area contributed by atoms with Gasteiger partial charge in [0.15, 0.2) is 0 Å². The van der Waals surface area contributed by atoms with Gasteiger partial charge in [-0.05, 0) is 114 Å². The average Bonchev–Trinajstić information content (AvgIpc) is 3.45. The third-order valence-corrected chi connectivity index (χ3v) is 9.29. The largest absolute Gasteiger partial charge is 0.457 e. The fourth-order valence-electron chi connectivity index (χ4n) is 7.22. The highest BCUT2D eigenvalue weighted by atomic mass is 16.5. The second kappa shape index (κ2) is 12.0. The summed E-state index contributed by atoms with van der Waals surface area (Å²) in [6.07, 6.45) is 16.1. The Bertz CT molecular complexity index is 2200. The van der Waals surface area contributed by atoms with Crippen molar-refractivity contribution in [1.29, 1.82) is 5.26 Å². The van der Waals surface area contributed by atoms with E-state index in [4.69, 9.17) is 11.3 Å². The Morgan fingerprint density at radius 1 is 0.745 bits per heavy atom. The zero-order valence-corrected chi connectivity index (χ0v) is 26.0. The fraction of sp³-hybridized carbons (Fsp3) is 0.143. The molecule has 8 rings (SSSR count). The first-order chi connectivity index (χ1) is 23.2. The maximum atomic E-state index is 9.64. The number of nitrogens with zero attached hydrogens (tertiary/aromatic N) is 4. The van der Waals surface area contributed by atoms with Crippen LogP contribution in [0, 0.1) is 17.9 Å². The first-order valence-corrected chi connectivity index (χ1v) is 16.2. The Kier molecular flexibility index (Phi) is 7.29. The summed E-state index contributed by atoms with van der Waals surface area (Å²) < 4.78 is 8.56. The van der Waals surface area contributed by atoms with Gasteiger partial charge in [-0.25, -0.2) is 10.1 Å². The van der Waals surface area contributed by atoms with Gasteiger partial charge in [-0.15, -0.1) is 0 Å². The number of fused-ring (bicyclic) bond motifs is 3. The normalized spacial score (nSPS) is 16.9. The second-order valence-corrected chi connectivity index (χ2v) is 12.2. The van der Waals surface area contributed by atoms with Gasteiger partial charge >= 0.3 is 0 Å². The summed E-state index contributed by atoms with van der Waals surface area (Å²) in [5.74, 6) is 1.16. The number of aryl methyl sites for hydroxylation is 2. The summed E-state index contributed by atoms with van der Waals surface area (Å²) in [6, 6.07) is 32.1. The zero-order chi connectivity index (χ0) is 31.7. The van der Waals surface area contributed by atoms with E-state index in [0.717, 1.165) is 42.7 Å². The molecule has 4 heterocycles. The van der Waals surface area contributed by atoms with Gasteiger partial charge in [-0.1, -0.05) is 60.7 Å². The van der Waals surface area contributed by atoms with Crippen LogP contribution >= 0.6 is 0 Å². The molecular formula is C42H32N4O. The van der Waals surface area contributed by atoms with Crippen molar-refractivity contribution in [3.63, 3.8) is 0 Å². The van der Waals surface area contributed by atoms with Crippen molar-refractivity contribution in [2.75, 3.05) is 18.0 Å². The molecule has 0 amide bonds. The first-order valence-electron chi connectivity index (χ1n) is 16.2. The van der Waals surface area contributed by atoms with Gasteiger partial charge in [-0.2, -0.15) is 0 Å². The van der Waals surface area contributed by atoms with Crippen molar-refractivity contribution in [2.24, 2.45) is 0 Å². The van der Waals surface area contributed by atoms with Crippen LogP contribution in [0.5, 0.6) is 0 Å². The molecule has 5 nitrogen and oxygen atoms in total. The smallest absolute Gasteiger partial charge is 0.269 e. The standard InChI is InChI=1S/C42H32N4O/c1-44-39(28-43)33-26-35(47-36(27-33)21-17-30-24-31-8-6-22-45-23-7-9-32(25-30)42(31)45)20-16-29-14-18-34(19-15-29)46-40-12-4-2-10-37(40)38-11-3-5-13-41(38)46/h2-5,10-21,24-27H,6-9,22-23H2/b20-16+,21-17+,39-33-. The number of hydrogen-bond donors (Lipinski definition) is 0. The van der Waals surface area contributed by atoms with Crippen LogP contribution in [0.4, 0.5) is 5.69 Å². The number of aromatic nitrogens is 1. The number of nitriles is 1. The van der Waals surface area contributed by atoms with E-state index < -0.39 is 0 Å². The van der Waals surface area contributed by atoms with E-state index in [2.05, 4.69) is 105 Å². The minimum atomic E-state index is 0.0407. The van der Waals surface area contributed by atoms with Crippen molar-refractivity contribution in [1.82, 2.24) is 4.57 Å². The van der Waals surface area contributed by atoms with Crippen LogP contribution < -0.4 is 4.90 Å². The van der Waals surface area contributed by atoms with E-state index in [0.29, 0.717) is 17.1 Å². The number of allylic oxidation sites excluding steroid dienone is 6. The van der Waals surface area contributed by atoms with Crippen LogP contribution in [0.25, 0.3) is 44.5 Å². The van der Waals surface area contributed by atoms with E-state index in [1.807, 2.05) is 24.3 Å². The lowest BCUT2D eigenvalue weighted by atomic mass is 9.90. The third kappa shape index (κ3) is 5.33. The molecule has 47 heavy (non-hydrogen) atoms. The van der Waals surface area contributed by atoms with Gasteiger partial charge in [0.1, 0.15) is 11.5 Å². The van der Waals surface area contributed by atoms with Crippen LogP contribution in [-0.2, 0) is 17.6 Å². The highest BCUT2D eigenvalue weighted by Gasteiger charge is 2.24. The summed E-state index contributed by atoms with van der Waals surface area (Å²) >= 11 is 0. The summed E-state index contributed by atoms with van der Waals surface area (Å²) in [7, 11) is 0. The van der Waals surface area contributed by atoms with Crippen molar-refractivity contribution in [2.45, 2.75) is 25.7 Å². The molecule has 0 aliphatic carbocycles. The van der Waals surface area contributed by atoms with Gasteiger partial charge in [0, 0.05) is 35.2 Å². The van der Waals surface area contributed by atoms with Gasteiger partial charge < -0.3 is 14.2 Å². The average molecular weight is 609 g/mol. The maximum Gasteiger partial charge on any atom is 0.269 e. The lowest BCUT2D eigenvalue weighted by Crippen LogP contribution is -2.34. The molecule has 0 fully saturated rings. The molecule has 0 radical (unpaired) electrons. The predicted octanol–water partition coefficient (Wildman–Crippen LogP) is 9.70.